The zero-order valence-corrected chi connectivity index (χ0v) is 13.4. The molecular formula is C14H25N3O3S. The van der Waals surface area contributed by atoms with Crippen molar-refractivity contribution >= 4 is 23.8 Å². The number of rotatable bonds is 5. The molecule has 21 heavy (non-hydrogen) atoms. The molecule has 2 unspecified atom stereocenters. The Morgan fingerprint density at radius 1 is 1.33 bits per heavy atom. The first kappa shape index (κ1) is 16.4. The number of carbonyl (C=O) groups is 2. The van der Waals surface area contributed by atoms with Gasteiger partial charge in [-0.1, -0.05) is 6.92 Å². The molecule has 120 valence electrons. The van der Waals surface area contributed by atoms with Gasteiger partial charge in [0.2, 0.25) is 0 Å². The molecule has 0 aromatic rings. The topological polar surface area (TPSA) is 72.9 Å². The van der Waals surface area contributed by atoms with Crippen LogP contribution in [0.15, 0.2) is 0 Å². The number of urea groups is 1. The van der Waals surface area contributed by atoms with E-state index in [9.17, 15) is 14.7 Å². The number of nitrogens with zero attached hydrogens (tertiary/aromatic N) is 2. The molecule has 6 nitrogen and oxygen atoms in total. The molecular weight excluding hydrogens is 290 g/mol. The van der Waals surface area contributed by atoms with Crippen molar-refractivity contribution in [1.82, 2.24) is 15.1 Å². The molecule has 2 N–H and O–H groups in total. The van der Waals surface area contributed by atoms with E-state index in [2.05, 4.69) is 17.1 Å². The maximum absolute atomic E-state index is 12.2. The van der Waals surface area contributed by atoms with Crippen LogP contribution in [0.5, 0.6) is 0 Å². The first-order valence-corrected chi connectivity index (χ1v) is 8.80. The molecule has 2 fully saturated rings. The van der Waals surface area contributed by atoms with Crippen LogP contribution in [0.4, 0.5) is 4.79 Å². The molecule has 0 radical (unpaired) electrons. The zero-order valence-electron chi connectivity index (χ0n) is 12.6. The molecule has 7 heteroatoms. The maximum atomic E-state index is 12.2. The molecule has 2 aliphatic rings. The Morgan fingerprint density at radius 3 is 2.71 bits per heavy atom. The third kappa shape index (κ3) is 4.78. The number of hydrogen-bond donors (Lipinski definition) is 2. The lowest BCUT2D eigenvalue weighted by Gasteiger charge is -2.33. The maximum Gasteiger partial charge on any atom is 0.327 e. The molecule has 2 amide bonds. The van der Waals surface area contributed by atoms with E-state index in [1.165, 1.54) is 17.7 Å². The number of thioether (sulfide) groups is 1. The summed E-state index contributed by atoms with van der Waals surface area (Å²) in [7, 11) is 0. The SMILES string of the molecule is CC(CNC(=O)N1CCSCC1C(=O)O)CN1CCCC1. The summed E-state index contributed by atoms with van der Waals surface area (Å²) in [6.07, 6.45) is 2.54. The Morgan fingerprint density at radius 2 is 2.05 bits per heavy atom. The number of amides is 2. The Kier molecular flexibility index (Phi) is 6.17. The van der Waals surface area contributed by atoms with Gasteiger partial charge in [-0.25, -0.2) is 9.59 Å². The quantitative estimate of drug-likeness (QED) is 0.789. The van der Waals surface area contributed by atoms with Crippen LogP contribution in [0.2, 0.25) is 0 Å². The van der Waals surface area contributed by atoms with Gasteiger partial charge in [0.1, 0.15) is 6.04 Å². The van der Waals surface area contributed by atoms with Crippen molar-refractivity contribution in [1.29, 1.82) is 0 Å². The number of hydrogen-bond acceptors (Lipinski definition) is 4. The fourth-order valence-corrected chi connectivity index (χ4v) is 3.92. The first-order chi connectivity index (χ1) is 10.1. The Hall–Kier alpha value is -0.950. The van der Waals surface area contributed by atoms with Gasteiger partial charge >= 0.3 is 12.0 Å². The molecule has 0 aliphatic carbocycles. The van der Waals surface area contributed by atoms with Crippen molar-refractivity contribution in [2.75, 3.05) is 44.2 Å². The summed E-state index contributed by atoms with van der Waals surface area (Å²) < 4.78 is 0. The second-order valence-corrected chi connectivity index (χ2v) is 7.07. The number of nitrogens with one attached hydrogen (secondary N) is 1. The molecule has 2 saturated heterocycles. The monoisotopic (exact) mass is 315 g/mol. The average Bonchev–Trinajstić information content (AvgIpc) is 2.97. The number of carboxylic acids is 1. The summed E-state index contributed by atoms with van der Waals surface area (Å²) in [5, 5.41) is 12.1. The van der Waals surface area contributed by atoms with Gasteiger partial charge in [-0.3, -0.25) is 0 Å². The zero-order chi connectivity index (χ0) is 15.2. The minimum atomic E-state index is -0.914. The molecule has 2 atom stereocenters. The van der Waals surface area contributed by atoms with Crippen LogP contribution in [0, 0.1) is 5.92 Å². The van der Waals surface area contributed by atoms with E-state index in [-0.39, 0.29) is 6.03 Å². The molecule has 0 aromatic carbocycles. The van der Waals surface area contributed by atoms with Crippen LogP contribution in [0.3, 0.4) is 0 Å². The van der Waals surface area contributed by atoms with Gasteiger partial charge in [0.15, 0.2) is 0 Å². The standard InChI is InChI=1S/C14H25N3O3S/c1-11(9-16-4-2-3-5-16)8-15-14(20)17-6-7-21-10-12(17)13(18)19/h11-12H,2-10H2,1H3,(H,15,20)(H,18,19). The smallest absolute Gasteiger partial charge is 0.327 e. The molecule has 2 aliphatic heterocycles. The Labute approximate surface area is 130 Å². The molecule has 0 saturated carbocycles. The van der Waals surface area contributed by atoms with E-state index < -0.39 is 12.0 Å². The molecule has 0 spiro atoms. The van der Waals surface area contributed by atoms with Crippen molar-refractivity contribution in [3.05, 3.63) is 0 Å². The molecule has 0 aromatic heterocycles. The van der Waals surface area contributed by atoms with Gasteiger partial charge < -0.3 is 20.2 Å². The number of carboxylic acid groups (broad SMARTS) is 1. The highest BCUT2D eigenvalue weighted by atomic mass is 32.2. The summed E-state index contributed by atoms with van der Waals surface area (Å²) in [6.45, 7) is 6.54. The second-order valence-electron chi connectivity index (χ2n) is 5.92. The van der Waals surface area contributed by atoms with Gasteiger partial charge in [-0.05, 0) is 31.8 Å². The Balaban J connectivity index is 1.75. The minimum Gasteiger partial charge on any atom is -0.480 e. The predicted octanol–water partition coefficient (Wildman–Crippen LogP) is 0.930. The van der Waals surface area contributed by atoms with E-state index in [1.807, 2.05) is 0 Å². The van der Waals surface area contributed by atoms with Crippen LogP contribution in [-0.2, 0) is 4.79 Å². The van der Waals surface area contributed by atoms with Crippen LogP contribution >= 0.6 is 11.8 Å². The van der Waals surface area contributed by atoms with Crippen LogP contribution in [0.25, 0.3) is 0 Å². The fraction of sp³-hybridized carbons (Fsp3) is 0.857. The summed E-state index contributed by atoms with van der Waals surface area (Å²) in [4.78, 5) is 27.3. The summed E-state index contributed by atoms with van der Waals surface area (Å²) in [5.74, 6) is 0.754. The Bertz CT molecular complexity index is 374. The van der Waals surface area contributed by atoms with Crippen molar-refractivity contribution in [3.63, 3.8) is 0 Å². The van der Waals surface area contributed by atoms with Gasteiger partial charge in [0.25, 0.3) is 0 Å². The highest BCUT2D eigenvalue weighted by Crippen LogP contribution is 2.17. The first-order valence-electron chi connectivity index (χ1n) is 7.65. The normalized spacial score (nSPS) is 24.8. The lowest BCUT2D eigenvalue weighted by molar-refractivity contribution is -0.141. The van der Waals surface area contributed by atoms with Crippen LogP contribution in [0.1, 0.15) is 19.8 Å². The highest BCUT2D eigenvalue weighted by molar-refractivity contribution is 7.99. The summed E-state index contributed by atoms with van der Waals surface area (Å²) in [5.41, 5.74) is 0. The lowest BCUT2D eigenvalue weighted by Crippen LogP contribution is -2.54. The van der Waals surface area contributed by atoms with Gasteiger partial charge in [0, 0.05) is 31.1 Å². The van der Waals surface area contributed by atoms with Crippen LogP contribution < -0.4 is 5.32 Å². The van der Waals surface area contributed by atoms with E-state index in [4.69, 9.17) is 0 Å². The van der Waals surface area contributed by atoms with Crippen molar-refractivity contribution < 1.29 is 14.7 Å². The highest BCUT2D eigenvalue weighted by Gasteiger charge is 2.32. The van der Waals surface area contributed by atoms with Gasteiger partial charge in [-0.2, -0.15) is 11.8 Å². The van der Waals surface area contributed by atoms with E-state index in [0.717, 1.165) is 25.4 Å². The minimum absolute atomic E-state index is 0.240. The van der Waals surface area contributed by atoms with Crippen molar-refractivity contribution in [3.8, 4) is 0 Å². The van der Waals surface area contributed by atoms with Crippen molar-refractivity contribution in [2.45, 2.75) is 25.8 Å². The second kappa shape index (κ2) is 7.89. The summed E-state index contributed by atoms with van der Waals surface area (Å²) in [6, 6.07) is -0.936. The largest absolute Gasteiger partial charge is 0.480 e. The third-order valence-electron chi connectivity index (χ3n) is 4.04. The molecule has 2 heterocycles. The third-order valence-corrected chi connectivity index (χ3v) is 5.07. The van der Waals surface area contributed by atoms with E-state index in [0.29, 0.717) is 24.8 Å². The predicted molar refractivity (Wildman–Crippen MR) is 83.7 cm³/mol. The van der Waals surface area contributed by atoms with Gasteiger partial charge in [-0.15, -0.1) is 0 Å². The fourth-order valence-electron chi connectivity index (χ4n) is 2.88. The number of likely N-dealkylation sites (tertiary alicyclic amines) is 1. The molecule has 2 rings (SSSR count). The number of aliphatic carboxylic acids is 1. The lowest BCUT2D eigenvalue weighted by atomic mass is 10.1. The number of carbonyl (C=O) groups excluding carboxylic acids is 1. The summed E-state index contributed by atoms with van der Waals surface area (Å²) >= 11 is 1.59. The molecule has 0 bridgehead atoms. The van der Waals surface area contributed by atoms with Gasteiger partial charge in [0.05, 0.1) is 0 Å². The van der Waals surface area contributed by atoms with Crippen LogP contribution in [-0.4, -0.2) is 77.2 Å². The van der Waals surface area contributed by atoms with E-state index >= 15 is 0 Å². The van der Waals surface area contributed by atoms with E-state index in [1.54, 1.807) is 11.8 Å². The van der Waals surface area contributed by atoms with Crippen molar-refractivity contribution in [2.24, 2.45) is 5.92 Å². The average molecular weight is 315 g/mol.